The molecule has 0 spiro atoms. The predicted molar refractivity (Wildman–Crippen MR) is 103 cm³/mol. The molecule has 0 aromatic carbocycles. The van der Waals surface area contributed by atoms with Crippen LogP contribution in [0.3, 0.4) is 0 Å². The Kier molecular flexibility index (Phi) is 116. The van der Waals surface area contributed by atoms with E-state index >= 15 is 0 Å². The van der Waals surface area contributed by atoms with Gasteiger partial charge in [-0.3, -0.25) is 0 Å². The smallest absolute Gasteiger partial charge is 0 e. The average Bonchev–Trinajstić information content (AvgIpc) is 2.48. The summed E-state index contributed by atoms with van der Waals surface area (Å²) in [6.07, 6.45) is 0. The van der Waals surface area contributed by atoms with Crippen LogP contribution in [0, 0.1) is 437 Å². The number of hydrogen-bond acceptors (Lipinski definition) is 0. The topological polar surface area (TPSA) is 0 Å². The Morgan fingerprint density at radius 2 is 0.303 bits per heavy atom. The van der Waals surface area contributed by atoms with Crippen LogP contribution in [0.4, 0.5) is 0 Å². The fourth-order valence-electron chi connectivity index (χ4n) is 4.09. The van der Waals surface area contributed by atoms with Crippen molar-refractivity contribution in [1.29, 1.82) is 0 Å². The van der Waals surface area contributed by atoms with Gasteiger partial charge in [0.05, 0.1) is 0 Å². The van der Waals surface area contributed by atoms with Crippen molar-refractivity contribution >= 4 is 0 Å². The minimum atomic E-state index is 0. The Morgan fingerprint density at radius 3 is 0.394 bits per heavy atom. The van der Waals surface area contributed by atoms with E-state index < -0.39 is 0 Å². The summed E-state index contributed by atoms with van der Waals surface area (Å²) in [6, 6.07) is 0. The molecule has 33 heavy (non-hydrogen) atoms. The quantitative estimate of drug-likeness (QED) is 0.213. The Labute approximate surface area is 523 Å². The van der Waals surface area contributed by atoms with E-state index in [1.165, 1.54) is 0 Å². The van der Waals surface area contributed by atoms with Gasteiger partial charge in [-0.05, 0) is 59.2 Å². The zero-order chi connectivity index (χ0) is 17.8. The van der Waals surface area contributed by atoms with Gasteiger partial charge in [0, 0.05) is 398 Å². The Balaban J connectivity index is -0.0000000401. The van der Waals surface area contributed by atoms with Gasteiger partial charge in [-0.1, -0.05) is 83.1 Å². The summed E-state index contributed by atoms with van der Waals surface area (Å²) in [7, 11) is 0. The zero-order valence-corrected chi connectivity index (χ0v) is 30.3. The van der Waals surface area contributed by atoms with Gasteiger partial charge in [-0.2, -0.15) is 0 Å². The van der Waals surface area contributed by atoms with Gasteiger partial charge < -0.3 is 0 Å². The molecule has 8 unspecified atom stereocenters. The van der Waals surface area contributed by atoms with Gasteiger partial charge in [0.1, 0.15) is 0 Å². The molecule has 0 bridgehead atoms. The van der Waals surface area contributed by atoms with Crippen molar-refractivity contribution in [2.45, 2.75) is 83.1 Å². The summed E-state index contributed by atoms with van der Waals surface area (Å²) in [4.78, 5) is 0. The molecule has 0 saturated carbocycles. The monoisotopic (exact) mass is 816 g/mol. The normalized spacial score (nSPS) is 15.8. The van der Waals surface area contributed by atoms with E-state index in [0.717, 1.165) is 59.2 Å². The first kappa shape index (κ1) is 80.7. The number of hydrogen-bond donors (Lipinski definition) is 0. The summed E-state index contributed by atoms with van der Waals surface area (Å²) in [6.45, 7) is 29.3. The molecule has 224 valence electrons. The molecule has 0 aliphatic carbocycles. The van der Waals surface area contributed by atoms with Crippen LogP contribution in [0.2, 0.25) is 0 Å². The van der Waals surface area contributed by atoms with Gasteiger partial charge in [-0.25, -0.2) is 0 Å². The van der Waals surface area contributed by atoms with Gasteiger partial charge in [-0.15, -0.1) is 0 Å². The first-order valence-electron chi connectivity index (χ1n) is 9.93. The third-order valence-electron chi connectivity index (χ3n) is 7.91. The Hall–Kier alpha value is 13.3. The van der Waals surface area contributed by atoms with E-state index in [0.29, 0.717) is 0 Å². The van der Waals surface area contributed by atoms with Crippen LogP contribution in [0.5, 0.6) is 0 Å². The molecule has 0 nitrogen and oxygen atoms in total. The minimum Gasteiger partial charge on any atom is -0.0625 e. The van der Waals surface area contributed by atoms with Gasteiger partial charge in [0.25, 0.3) is 0 Å². The van der Waals surface area contributed by atoms with Gasteiger partial charge in [0.2, 0.25) is 0 Å². The molecule has 0 amide bonds. The van der Waals surface area contributed by atoms with Crippen LogP contribution < -0.4 is 0 Å². The SMILES string of the molecule is CC(C)C(C)C(C)C(C)C(C)C(C)C(C)C(C)C(C)C(C)C.[Ar].[Ar].[Ar].[Ar].[Ar].[Ar].[Ar].[Ar].[Ar].[Ar].[Pd]. The van der Waals surface area contributed by atoms with Crippen molar-refractivity contribution in [2.24, 2.45) is 59.2 Å². The first-order chi connectivity index (χ1) is 9.93. The van der Waals surface area contributed by atoms with Crippen molar-refractivity contribution < 1.29 is 398 Å². The van der Waals surface area contributed by atoms with Crippen molar-refractivity contribution in [3.63, 3.8) is 0 Å². The molecule has 0 N–H and O–H groups in total. The first-order valence-corrected chi connectivity index (χ1v) is 9.93. The molecular formula is C22H46Ar10Pd. The van der Waals surface area contributed by atoms with Crippen molar-refractivity contribution in [2.75, 3.05) is 0 Å². The van der Waals surface area contributed by atoms with Crippen LogP contribution in [0.1, 0.15) is 83.1 Å². The second-order valence-electron chi connectivity index (χ2n) is 9.36. The molecule has 0 heterocycles. The summed E-state index contributed by atoms with van der Waals surface area (Å²) in [5, 5.41) is 0. The third kappa shape index (κ3) is 34.9. The Morgan fingerprint density at radius 1 is 0.212 bits per heavy atom. The van der Waals surface area contributed by atoms with E-state index in [-0.39, 0.29) is 398 Å². The van der Waals surface area contributed by atoms with Crippen LogP contribution in [0.15, 0.2) is 0 Å². The number of rotatable bonds is 9. The molecular weight excluding hydrogens is 770 g/mol. The van der Waals surface area contributed by atoms with Crippen molar-refractivity contribution in [1.82, 2.24) is 0 Å². The molecule has 11 heteroatoms. The van der Waals surface area contributed by atoms with E-state index in [4.69, 9.17) is 0 Å². The Bertz CT molecular complexity index is 296. The minimum absolute atomic E-state index is 0. The predicted octanol–water partition coefficient (Wildman–Crippen LogP) is 7.38. The van der Waals surface area contributed by atoms with Gasteiger partial charge in [0.15, 0.2) is 0 Å². The molecule has 0 aliphatic heterocycles. The maximum absolute atomic E-state index is 2.50. The molecule has 0 radical (unpaired) electrons. The third-order valence-corrected chi connectivity index (χ3v) is 7.91. The van der Waals surface area contributed by atoms with E-state index in [2.05, 4.69) is 83.1 Å². The molecule has 0 aromatic heterocycles. The second-order valence-corrected chi connectivity index (χ2v) is 9.36. The molecule has 0 rings (SSSR count). The summed E-state index contributed by atoms with van der Waals surface area (Å²) in [5.74, 6) is 8.02. The average molecular weight is 817 g/mol. The molecule has 0 fully saturated rings. The standard InChI is InChI=1S/C22H46.10Ar.Pd/c1-13(2)15(5)17(7)19(9)21(11)22(12)20(10)18(8)16(6)14(3)4;;;;;;;;;;;/h13-22H,1-12H3;;;;;;;;;;;. The van der Waals surface area contributed by atoms with Crippen molar-refractivity contribution in [3.05, 3.63) is 0 Å². The maximum atomic E-state index is 2.50. The summed E-state index contributed by atoms with van der Waals surface area (Å²) in [5.41, 5.74) is 0. The maximum Gasteiger partial charge on any atom is 0 e. The van der Waals surface area contributed by atoms with Crippen LogP contribution in [-0.2, 0) is 20.4 Å². The fraction of sp³-hybridized carbons (Fsp3) is 1.00. The van der Waals surface area contributed by atoms with Crippen LogP contribution in [-0.4, -0.2) is 0 Å². The second kappa shape index (κ2) is 47.4. The molecule has 0 saturated heterocycles. The molecule has 8 atom stereocenters. The van der Waals surface area contributed by atoms with Crippen molar-refractivity contribution in [3.8, 4) is 0 Å². The molecule has 0 aromatic rings. The van der Waals surface area contributed by atoms with Gasteiger partial charge >= 0.3 is 0 Å². The summed E-state index contributed by atoms with van der Waals surface area (Å²) < 4.78 is 0. The fourth-order valence-corrected chi connectivity index (χ4v) is 4.09. The van der Waals surface area contributed by atoms with E-state index in [9.17, 15) is 0 Å². The van der Waals surface area contributed by atoms with Crippen LogP contribution in [0.25, 0.3) is 0 Å². The van der Waals surface area contributed by atoms with E-state index in [1.54, 1.807) is 0 Å². The largest absolute Gasteiger partial charge is 0.0625 e. The zero-order valence-electron chi connectivity index (χ0n) is 21.6. The van der Waals surface area contributed by atoms with E-state index in [1.807, 2.05) is 0 Å². The summed E-state index contributed by atoms with van der Waals surface area (Å²) >= 11 is 0. The molecule has 0 aliphatic rings. The van der Waals surface area contributed by atoms with Crippen LogP contribution >= 0.6 is 0 Å².